The number of rotatable bonds is 5. The predicted octanol–water partition coefficient (Wildman–Crippen LogP) is 0.428. The second-order valence-corrected chi connectivity index (χ2v) is 6.48. The lowest BCUT2D eigenvalue weighted by Crippen LogP contribution is -2.57. The molecule has 1 aliphatic heterocycles. The minimum Gasteiger partial charge on any atom is -0.446 e. The van der Waals surface area contributed by atoms with Crippen LogP contribution in [0.2, 0.25) is 0 Å². The van der Waals surface area contributed by atoms with Crippen LogP contribution < -0.4 is 11.1 Å². The van der Waals surface area contributed by atoms with E-state index >= 15 is 0 Å². The van der Waals surface area contributed by atoms with Gasteiger partial charge in [0.25, 0.3) is 5.91 Å². The largest absolute Gasteiger partial charge is 0.446 e. The monoisotopic (exact) mass is 334 g/mol. The van der Waals surface area contributed by atoms with Crippen molar-refractivity contribution in [1.29, 1.82) is 0 Å². The molecule has 0 atom stereocenters. The zero-order valence-corrected chi connectivity index (χ0v) is 13.5. The Bertz CT molecular complexity index is 630. The van der Waals surface area contributed by atoms with Crippen molar-refractivity contribution < 1.29 is 18.8 Å². The average molecular weight is 334 g/mol. The molecule has 0 aromatic carbocycles. The lowest BCUT2D eigenvalue weighted by Gasteiger charge is -2.40. The molecule has 1 aromatic heterocycles. The van der Waals surface area contributed by atoms with Gasteiger partial charge in [0, 0.05) is 19.0 Å². The first-order valence-electron chi connectivity index (χ1n) is 8.35. The predicted molar refractivity (Wildman–Crippen MR) is 83.5 cm³/mol. The molecule has 24 heavy (non-hydrogen) atoms. The van der Waals surface area contributed by atoms with Crippen LogP contribution in [0.1, 0.15) is 48.5 Å². The molecule has 1 aliphatic carbocycles. The third kappa shape index (κ3) is 3.58. The molecule has 0 spiro atoms. The van der Waals surface area contributed by atoms with Gasteiger partial charge in [0.15, 0.2) is 5.69 Å². The molecule has 2 aliphatic rings. The van der Waals surface area contributed by atoms with Crippen molar-refractivity contribution in [3.05, 3.63) is 17.8 Å². The number of primary amides is 1. The average Bonchev–Trinajstić information content (AvgIpc) is 3.01. The summed E-state index contributed by atoms with van der Waals surface area (Å²) in [6.07, 6.45) is 6.57. The van der Waals surface area contributed by atoms with Crippen LogP contribution in [0, 0.1) is 11.8 Å². The molecule has 8 nitrogen and oxygen atoms in total. The number of carbonyl (C=O) groups excluding carboxylic acids is 3. The fourth-order valence-corrected chi connectivity index (χ4v) is 3.24. The molecule has 0 radical (unpaired) electrons. The Balaban J connectivity index is 1.41. The Morgan fingerprint density at radius 1 is 1.21 bits per heavy atom. The molecule has 2 heterocycles. The van der Waals surface area contributed by atoms with Gasteiger partial charge in [0.05, 0.1) is 12.5 Å². The first kappa shape index (κ1) is 16.5. The molecule has 3 rings (SSSR count). The summed E-state index contributed by atoms with van der Waals surface area (Å²) < 4.78 is 5.06. The van der Waals surface area contributed by atoms with Crippen molar-refractivity contribution in [2.75, 3.05) is 13.1 Å². The van der Waals surface area contributed by atoms with Gasteiger partial charge in [0.2, 0.25) is 17.7 Å². The Morgan fingerprint density at radius 2 is 1.92 bits per heavy atom. The van der Waals surface area contributed by atoms with Gasteiger partial charge in [-0.25, -0.2) is 4.98 Å². The molecule has 1 saturated heterocycles. The van der Waals surface area contributed by atoms with Crippen LogP contribution in [0.25, 0.3) is 0 Å². The highest BCUT2D eigenvalue weighted by Crippen LogP contribution is 2.28. The topological polar surface area (TPSA) is 119 Å². The first-order chi connectivity index (χ1) is 11.5. The number of hydrogen-bond acceptors (Lipinski definition) is 5. The van der Waals surface area contributed by atoms with Crippen molar-refractivity contribution in [3.63, 3.8) is 0 Å². The Hall–Kier alpha value is -2.38. The highest BCUT2D eigenvalue weighted by Gasteiger charge is 2.38. The van der Waals surface area contributed by atoms with E-state index < -0.39 is 5.91 Å². The summed E-state index contributed by atoms with van der Waals surface area (Å²) in [4.78, 5) is 41.0. The lowest BCUT2D eigenvalue weighted by atomic mass is 9.86. The number of nitrogens with two attached hydrogens (primary N) is 1. The molecular formula is C16H22N4O4. The molecule has 3 N–H and O–H groups in total. The number of nitrogens with zero attached hydrogens (tertiary/aromatic N) is 2. The Kier molecular flexibility index (Phi) is 4.82. The maximum atomic E-state index is 12.3. The van der Waals surface area contributed by atoms with Gasteiger partial charge >= 0.3 is 0 Å². The number of hydrogen-bond donors (Lipinski definition) is 2. The molecule has 0 bridgehead atoms. The summed E-state index contributed by atoms with van der Waals surface area (Å²) in [5, 5.41) is 2.71. The van der Waals surface area contributed by atoms with Gasteiger partial charge < -0.3 is 20.4 Å². The van der Waals surface area contributed by atoms with E-state index in [1.807, 2.05) is 0 Å². The fraction of sp³-hybridized carbons (Fsp3) is 0.625. The second kappa shape index (κ2) is 7.02. The number of amides is 3. The van der Waals surface area contributed by atoms with E-state index in [9.17, 15) is 14.4 Å². The van der Waals surface area contributed by atoms with Gasteiger partial charge in [-0.1, -0.05) is 19.3 Å². The van der Waals surface area contributed by atoms with E-state index in [0.717, 1.165) is 31.9 Å². The zero-order chi connectivity index (χ0) is 17.1. The highest BCUT2D eigenvalue weighted by atomic mass is 16.3. The van der Waals surface area contributed by atoms with Crippen LogP contribution in [0.5, 0.6) is 0 Å². The third-order valence-electron chi connectivity index (χ3n) is 4.74. The maximum absolute atomic E-state index is 12.3. The van der Waals surface area contributed by atoms with Crippen LogP contribution in [-0.4, -0.2) is 40.7 Å². The number of likely N-dealkylation sites (tertiary alicyclic amines) is 1. The summed E-state index contributed by atoms with van der Waals surface area (Å²) in [5.41, 5.74) is 5.12. The van der Waals surface area contributed by atoms with Crippen molar-refractivity contribution in [1.82, 2.24) is 15.2 Å². The van der Waals surface area contributed by atoms with Gasteiger partial charge in [-0.15, -0.1) is 0 Å². The van der Waals surface area contributed by atoms with E-state index in [1.54, 1.807) is 4.90 Å². The van der Waals surface area contributed by atoms with Gasteiger partial charge in [-0.3, -0.25) is 14.4 Å². The minimum absolute atomic E-state index is 0.0344. The standard InChI is InChI=1S/C16H22N4O4/c17-14(21)12-9-24-13(19-12)6-18-15(22)11-7-20(8-11)16(23)10-4-2-1-3-5-10/h9-11H,1-8H2,(H2,17,21)(H,18,22). The van der Waals surface area contributed by atoms with Crippen molar-refractivity contribution >= 4 is 17.7 Å². The first-order valence-corrected chi connectivity index (χ1v) is 8.35. The third-order valence-corrected chi connectivity index (χ3v) is 4.74. The van der Waals surface area contributed by atoms with Gasteiger partial charge in [0.1, 0.15) is 6.26 Å². The minimum atomic E-state index is -0.674. The molecule has 0 unspecified atom stereocenters. The van der Waals surface area contributed by atoms with Crippen LogP contribution in [0.4, 0.5) is 0 Å². The molecule has 1 aromatic rings. The van der Waals surface area contributed by atoms with Crippen molar-refractivity contribution in [3.8, 4) is 0 Å². The van der Waals surface area contributed by atoms with Crippen molar-refractivity contribution in [2.45, 2.75) is 38.6 Å². The lowest BCUT2D eigenvalue weighted by molar-refractivity contribution is -0.147. The zero-order valence-electron chi connectivity index (χ0n) is 13.5. The van der Waals surface area contributed by atoms with Crippen molar-refractivity contribution in [2.24, 2.45) is 17.6 Å². The molecule has 8 heteroatoms. The SMILES string of the molecule is NC(=O)c1coc(CNC(=O)C2CN(C(=O)C3CCCCC3)C2)n1. The summed E-state index contributed by atoms with van der Waals surface area (Å²) >= 11 is 0. The van der Waals surface area contributed by atoms with Gasteiger partial charge in [-0.2, -0.15) is 0 Å². The fourth-order valence-electron chi connectivity index (χ4n) is 3.24. The number of carbonyl (C=O) groups is 3. The molecular weight excluding hydrogens is 312 g/mol. The molecule has 3 amide bonds. The van der Waals surface area contributed by atoms with E-state index in [-0.39, 0.29) is 41.8 Å². The van der Waals surface area contributed by atoms with Crippen LogP contribution in [0.3, 0.4) is 0 Å². The van der Waals surface area contributed by atoms with Crippen LogP contribution in [0.15, 0.2) is 10.7 Å². The second-order valence-electron chi connectivity index (χ2n) is 6.48. The number of oxazole rings is 1. The van der Waals surface area contributed by atoms with E-state index in [2.05, 4.69) is 10.3 Å². The summed E-state index contributed by atoms with van der Waals surface area (Å²) in [7, 11) is 0. The quantitative estimate of drug-likeness (QED) is 0.809. The van der Waals surface area contributed by atoms with Crippen LogP contribution in [-0.2, 0) is 16.1 Å². The molecule has 1 saturated carbocycles. The Labute approximate surface area is 139 Å². The summed E-state index contributed by atoms with van der Waals surface area (Å²) in [6, 6.07) is 0. The van der Waals surface area contributed by atoms with E-state index in [0.29, 0.717) is 13.1 Å². The van der Waals surface area contributed by atoms with E-state index in [4.69, 9.17) is 10.2 Å². The molecule has 2 fully saturated rings. The summed E-state index contributed by atoms with van der Waals surface area (Å²) in [6.45, 7) is 1.04. The molecule has 130 valence electrons. The van der Waals surface area contributed by atoms with E-state index in [1.165, 1.54) is 6.42 Å². The number of aromatic nitrogens is 1. The normalized spacial score (nSPS) is 18.9. The smallest absolute Gasteiger partial charge is 0.270 e. The Morgan fingerprint density at radius 3 is 2.54 bits per heavy atom. The highest BCUT2D eigenvalue weighted by molar-refractivity contribution is 5.90. The van der Waals surface area contributed by atoms with Crippen LogP contribution >= 0.6 is 0 Å². The maximum Gasteiger partial charge on any atom is 0.270 e. The number of nitrogens with one attached hydrogen (secondary N) is 1. The summed E-state index contributed by atoms with van der Waals surface area (Å²) in [5.74, 6) is -0.441. The van der Waals surface area contributed by atoms with Gasteiger partial charge in [-0.05, 0) is 12.8 Å².